The average Bonchev–Trinajstić information content (AvgIpc) is 2.48. The number of fused-ring (bicyclic) bond motifs is 1. The minimum atomic E-state index is 0.336. The Morgan fingerprint density at radius 3 is 2.65 bits per heavy atom. The first-order valence-corrected chi connectivity index (χ1v) is 6.74. The number of aryl methyl sites for hydroxylation is 1. The van der Waals surface area contributed by atoms with Gasteiger partial charge in [-0.15, -0.1) is 0 Å². The quantitative estimate of drug-likeness (QED) is 0.731. The zero-order valence-electron chi connectivity index (χ0n) is 11.4. The van der Waals surface area contributed by atoms with Crippen LogP contribution in [0.1, 0.15) is 11.1 Å². The van der Waals surface area contributed by atoms with Crippen LogP contribution in [0, 0.1) is 6.92 Å². The van der Waals surface area contributed by atoms with E-state index >= 15 is 0 Å². The maximum atomic E-state index is 9.89. The molecule has 2 nitrogen and oxygen atoms in total. The molecular weight excluding hydrogens is 246 g/mol. The van der Waals surface area contributed by atoms with Crippen molar-refractivity contribution in [2.75, 3.05) is 5.32 Å². The standard InChI is InChI=1S/C18H17NO/c1-13-9-10-18(20)15(11-13)12-19-17-8-4-6-14-5-2-3-7-16(14)17/h2-11,19-20H,12H2,1H3. The largest absolute Gasteiger partial charge is 0.508 e. The predicted octanol–water partition coefficient (Wildman–Crippen LogP) is 4.47. The van der Waals surface area contributed by atoms with Crippen LogP contribution in [0.5, 0.6) is 5.75 Å². The maximum absolute atomic E-state index is 9.89. The molecule has 0 atom stereocenters. The fourth-order valence-electron chi connectivity index (χ4n) is 2.43. The third kappa shape index (κ3) is 2.45. The highest BCUT2D eigenvalue weighted by atomic mass is 16.3. The van der Waals surface area contributed by atoms with Gasteiger partial charge in [0.05, 0.1) is 0 Å². The second-order valence-corrected chi connectivity index (χ2v) is 5.01. The molecule has 0 aromatic heterocycles. The van der Waals surface area contributed by atoms with Gasteiger partial charge < -0.3 is 10.4 Å². The summed E-state index contributed by atoms with van der Waals surface area (Å²) in [5, 5.41) is 15.7. The summed E-state index contributed by atoms with van der Waals surface area (Å²) < 4.78 is 0. The van der Waals surface area contributed by atoms with Crippen molar-refractivity contribution in [1.82, 2.24) is 0 Å². The van der Waals surface area contributed by atoms with E-state index in [4.69, 9.17) is 0 Å². The highest BCUT2D eigenvalue weighted by Crippen LogP contribution is 2.25. The lowest BCUT2D eigenvalue weighted by atomic mass is 10.1. The SMILES string of the molecule is Cc1ccc(O)c(CNc2cccc3ccccc23)c1. The van der Waals surface area contributed by atoms with Gasteiger partial charge in [0, 0.05) is 23.2 Å². The minimum Gasteiger partial charge on any atom is -0.508 e. The van der Waals surface area contributed by atoms with Gasteiger partial charge in [0.15, 0.2) is 0 Å². The van der Waals surface area contributed by atoms with E-state index in [2.05, 4.69) is 29.6 Å². The first kappa shape index (κ1) is 12.5. The molecule has 0 saturated carbocycles. The number of rotatable bonds is 3. The Kier molecular flexibility index (Phi) is 3.30. The topological polar surface area (TPSA) is 32.3 Å². The minimum absolute atomic E-state index is 0.336. The predicted molar refractivity (Wildman–Crippen MR) is 84.1 cm³/mol. The number of phenols is 1. The van der Waals surface area contributed by atoms with Crippen molar-refractivity contribution < 1.29 is 5.11 Å². The van der Waals surface area contributed by atoms with E-state index < -0.39 is 0 Å². The molecule has 0 fully saturated rings. The van der Waals surface area contributed by atoms with Crippen LogP contribution >= 0.6 is 0 Å². The Balaban J connectivity index is 1.89. The Morgan fingerprint density at radius 1 is 0.950 bits per heavy atom. The van der Waals surface area contributed by atoms with Crippen LogP contribution in [0.4, 0.5) is 5.69 Å². The van der Waals surface area contributed by atoms with E-state index in [1.54, 1.807) is 6.07 Å². The van der Waals surface area contributed by atoms with Crippen molar-refractivity contribution in [3.8, 4) is 5.75 Å². The van der Waals surface area contributed by atoms with Gasteiger partial charge in [0.1, 0.15) is 5.75 Å². The fourth-order valence-corrected chi connectivity index (χ4v) is 2.43. The summed E-state index contributed by atoms with van der Waals surface area (Å²) in [5.41, 5.74) is 3.15. The van der Waals surface area contributed by atoms with Crippen molar-refractivity contribution in [3.63, 3.8) is 0 Å². The number of hydrogen-bond donors (Lipinski definition) is 2. The Labute approximate surface area is 118 Å². The molecule has 2 N–H and O–H groups in total. The Bertz CT molecular complexity index is 744. The van der Waals surface area contributed by atoms with Gasteiger partial charge in [-0.3, -0.25) is 0 Å². The summed E-state index contributed by atoms with van der Waals surface area (Å²) in [4.78, 5) is 0. The number of hydrogen-bond acceptors (Lipinski definition) is 2. The van der Waals surface area contributed by atoms with Crippen LogP contribution in [-0.2, 0) is 6.54 Å². The smallest absolute Gasteiger partial charge is 0.120 e. The summed E-state index contributed by atoms with van der Waals surface area (Å²) >= 11 is 0. The molecule has 3 aromatic rings. The van der Waals surface area contributed by atoms with Gasteiger partial charge >= 0.3 is 0 Å². The second-order valence-electron chi connectivity index (χ2n) is 5.01. The van der Waals surface area contributed by atoms with E-state index in [0.717, 1.165) is 16.8 Å². The van der Waals surface area contributed by atoms with E-state index in [0.29, 0.717) is 12.3 Å². The molecule has 0 amide bonds. The zero-order valence-corrected chi connectivity index (χ0v) is 11.4. The highest BCUT2D eigenvalue weighted by Gasteiger charge is 2.03. The lowest BCUT2D eigenvalue weighted by Crippen LogP contribution is -2.00. The van der Waals surface area contributed by atoms with Gasteiger partial charge in [-0.05, 0) is 24.4 Å². The first-order chi connectivity index (χ1) is 9.74. The summed E-state index contributed by atoms with van der Waals surface area (Å²) in [5.74, 6) is 0.336. The maximum Gasteiger partial charge on any atom is 0.120 e. The van der Waals surface area contributed by atoms with Gasteiger partial charge in [0.25, 0.3) is 0 Å². The molecule has 0 heterocycles. The van der Waals surface area contributed by atoms with Crippen LogP contribution in [0.15, 0.2) is 60.7 Å². The number of benzene rings is 3. The number of nitrogens with one attached hydrogen (secondary N) is 1. The summed E-state index contributed by atoms with van der Waals surface area (Å²) in [6.07, 6.45) is 0. The molecule has 3 rings (SSSR count). The van der Waals surface area contributed by atoms with Gasteiger partial charge in [-0.25, -0.2) is 0 Å². The molecule has 0 aliphatic heterocycles. The molecule has 100 valence electrons. The molecule has 0 aliphatic rings. The number of aromatic hydroxyl groups is 1. The van der Waals surface area contributed by atoms with Crippen molar-refractivity contribution in [2.24, 2.45) is 0 Å². The third-order valence-electron chi connectivity index (χ3n) is 3.49. The molecule has 20 heavy (non-hydrogen) atoms. The van der Waals surface area contributed by atoms with E-state index in [-0.39, 0.29) is 0 Å². The highest BCUT2D eigenvalue weighted by molar-refractivity contribution is 5.93. The van der Waals surface area contributed by atoms with E-state index in [1.165, 1.54) is 10.8 Å². The second kappa shape index (κ2) is 5.25. The first-order valence-electron chi connectivity index (χ1n) is 6.74. The van der Waals surface area contributed by atoms with E-state index in [9.17, 15) is 5.11 Å². The molecular formula is C18H17NO. The molecule has 0 bridgehead atoms. The van der Waals surface area contributed by atoms with Crippen LogP contribution in [0.3, 0.4) is 0 Å². The molecule has 2 heteroatoms. The summed E-state index contributed by atoms with van der Waals surface area (Å²) in [6, 6.07) is 20.2. The number of anilines is 1. The van der Waals surface area contributed by atoms with Gasteiger partial charge in [-0.2, -0.15) is 0 Å². The van der Waals surface area contributed by atoms with Crippen molar-refractivity contribution in [2.45, 2.75) is 13.5 Å². The van der Waals surface area contributed by atoms with Crippen LogP contribution in [0.25, 0.3) is 10.8 Å². The van der Waals surface area contributed by atoms with Gasteiger partial charge in [0.2, 0.25) is 0 Å². The summed E-state index contributed by atoms with van der Waals surface area (Å²) in [7, 11) is 0. The molecule has 0 unspecified atom stereocenters. The molecule has 0 spiro atoms. The van der Waals surface area contributed by atoms with Gasteiger partial charge in [-0.1, -0.05) is 54.1 Å². The molecule has 0 saturated heterocycles. The summed E-state index contributed by atoms with van der Waals surface area (Å²) in [6.45, 7) is 2.64. The van der Waals surface area contributed by atoms with Crippen molar-refractivity contribution in [3.05, 3.63) is 71.8 Å². The molecule has 0 aliphatic carbocycles. The Hall–Kier alpha value is -2.48. The Morgan fingerprint density at radius 2 is 1.75 bits per heavy atom. The van der Waals surface area contributed by atoms with Crippen molar-refractivity contribution in [1.29, 1.82) is 0 Å². The molecule has 3 aromatic carbocycles. The van der Waals surface area contributed by atoms with Crippen molar-refractivity contribution >= 4 is 16.5 Å². The number of phenolic OH excluding ortho intramolecular Hbond substituents is 1. The normalized spacial score (nSPS) is 10.7. The lowest BCUT2D eigenvalue weighted by Gasteiger charge is -2.11. The fraction of sp³-hybridized carbons (Fsp3) is 0.111. The average molecular weight is 263 g/mol. The monoisotopic (exact) mass is 263 g/mol. The zero-order chi connectivity index (χ0) is 13.9. The third-order valence-corrected chi connectivity index (χ3v) is 3.49. The van der Waals surface area contributed by atoms with Crippen LogP contribution in [-0.4, -0.2) is 5.11 Å². The lowest BCUT2D eigenvalue weighted by molar-refractivity contribution is 0.469. The molecule has 0 radical (unpaired) electrons. The van der Waals surface area contributed by atoms with Crippen LogP contribution < -0.4 is 5.32 Å². The van der Waals surface area contributed by atoms with E-state index in [1.807, 2.05) is 37.3 Å². The van der Waals surface area contributed by atoms with Crippen LogP contribution in [0.2, 0.25) is 0 Å².